The Morgan fingerprint density at radius 1 is 1.00 bits per heavy atom. The van der Waals surface area contributed by atoms with Crippen molar-refractivity contribution in [3.8, 4) is 0 Å². The monoisotopic (exact) mass is 331 g/mol. The van der Waals surface area contributed by atoms with E-state index < -0.39 is 9.84 Å². The maximum absolute atomic E-state index is 12.0. The number of anilines is 1. The van der Waals surface area contributed by atoms with Gasteiger partial charge in [0.05, 0.1) is 11.5 Å². The summed E-state index contributed by atoms with van der Waals surface area (Å²) in [5.74, 6) is -0.125. The van der Waals surface area contributed by atoms with E-state index in [-0.39, 0.29) is 23.8 Å². The second-order valence-corrected chi connectivity index (χ2v) is 7.78. The molecule has 0 saturated carbocycles. The van der Waals surface area contributed by atoms with Crippen LogP contribution in [0.2, 0.25) is 0 Å². The van der Waals surface area contributed by atoms with E-state index in [4.69, 9.17) is 0 Å². The molecule has 122 valence electrons. The number of hydrogen-bond donors (Lipinski definition) is 1. The van der Waals surface area contributed by atoms with E-state index in [0.717, 1.165) is 16.8 Å². The van der Waals surface area contributed by atoms with Gasteiger partial charge in [0.1, 0.15) is 0 Å². The highest BCUT2D eigenvalue weighted by atomic mass is 32.2. The number of carbonyl (C=O) groups is 1. The van der Waals surface area contributed by atoms with E-state index in [1.165, 1.54) is 0 Å². The van der Waals surface area contributed by atoms with Gasteiger partial charge in [-0.05, 0) is 31.0 Å². The minimum atomic E-state index is -3.19. The number of sulfone groups is 1. The van der Waals surface area contributed by atoms with Crippen molar-refractivity contribution >= 4 is 21.4 Å². The van der Waals surface area contributed by atoms with Crippen molar-refractivity contribution in [2.45, 2.75) is 25.5 Å². The quantitative estimate of drug-likeness (QED) is 0.846. The van der Waals surface area contributed by atoms with Gasteiger partial charge in [0, 0.05) is 12.1 Å². The molecule has 0 aliphatic carbocycles. The number of aryl methyl sites for hydroxylation is 1. The molecule has 0 bridgehead atoms. The summed E-state index contributed by atoms with van der Waals surface area (Å²) in [6, 6.07) is 16.6. The molecular formula is C18H21NO3S. The van der Waals surface area contributed by atoms with Gasteiger partial charge in [-0.25, -0.2) is 8.42 Å². The van der Waals surface area contributed by atoms with Crippen LogP contribution in [0.25, 0.3) is 0 Å². The third-order valence-corrected chi connectivity index (χ3v) is 5.11. The molecule has 2 rings (SSSR count). The molecule has 2 aromatic carbocycles. The van der Waals surface area contributed by atoms with Gasteiger partial charge in [-0.15, -0.1) is 0 Å². The van der Waals surface area contributed by atoms with Crippen molar-refractivity contribution in [1.82, 2.24) is 0 Å². The van der Waals surface area contributed by atoms with E-state index in [1.54, 1.807) is 12.1 Å². The summed E-state index contributed by atoms with van der Waals surface area (Å²) in [6.07, 6.45) is 0.523. The van der Waals surface area contributed by atoms with Crippen molar-refractivity contribution in [2.24, 2.45) is 0 Å². The second kappa shape index (κ2) is 7.92. The minimum absolute atomic E-state index is 0.0171. The van der Waals surface area contributed by atoms with Crippen LogP contribution in [-0.2, 0) is 20.4 Å². The lowest BCUT2D eigenvalue weighted by Gasteiger charge is -2.06. The molecule has 2 aromatic rings. The number of benzene rings is 2. The highest BCUT2D eigenvalue weighted by molar-refractivity contribution is 7.90. The molecule has 0 saturated heterocycles. The Morgan fingerprint density at radius 2 is 1.65 bits per heavy atom. The van der Waals surface area contributed by atoms with Gasteiger partial charge in [0.15, 0.2) is 9.84 Å². The Hall–Kier alpha value is -2.14. The zero-order valence-corrected chi connectivity index (χ0v) is 14.0. The molecule has 4 nitrogen and oxygen atoms in total. The molecule has 0 spiro atoms. The predicted octanol–water partition coefficient (Wildman–Crippen LogP) is 3.33. The van der Waals surface area contributed by atoms with Crippen molar-refractivity contribution in [3.05, 3.63) is 65.7 Å². The van der Waals surface area contributed by atoms with Crippen LogP contribution in [0.1, 0.15) is 24.0 Å². The van der Waals surface area contributed by atoms with Gasteiger partial charge in [-0.3, -0.25) is 4.79 Å². The molecule has 0 heterocycles. The lowest BCUT2D eigenvalue weighted by atomic mass is 10.2. The van der Waals surface area contributed by atoms with E-state index >= 15 is 0 Å². The van der Waals surface area contributed by atoms with E-state index in [0.29, 0.717) is 6.42 Å². The average Bonchev–Trinajstić information content (AvgIpc) is 2.50. The average molecular weight is 331 g/mol. The van der Waals surface area contributed by atoms with Crippen LogP contribution < -0.4 is 5.32 Å². The molecule has 23 heavy (non-hydrogen) atoms. The summed E-state index contributed by atoms with van der Waals surface area (Å²) in [7, 11) is -3.19. The number of amides is 1. The Morgan fingerprint density at radius 3 is 2.30 bits per heavy atom. The summed E-state index contributed by atoms with van der Waals surface area (Å²) in [6.45, 7) is 1.98. The van der Waals surface area contributed by atoms with Gasteiger partial charge in [-0.2, -0.15) is 0 Å². The van der Waals surface area contributed by atoms with Crippen LogP contribution in [-0.4, -0.2) is 20.1 Å². The number of nitrogens with one attached hydrogen (secondary N) is 1. The van der Waals surface area contributed by atoms with Crippen LogP contribution in [0, 0.1) is 6.92 Å². The van der Waals surface area contributed by atoms with Crippen molar-refractivity contribution in [2.75, 3.05) is 11.1 Å². The predicted molar refractivity (Wildman–Crippen MR) is 93.0 cm³/mol. The lowest BCUT2D eigenvalue weighted by Crippen LogP contribution is -2.15. The molecule has 0 aliphatic heterocycles. The largest absolute Gasteiger partial charge is 0.326 e. The van der Waals surface area contributed by atoms with Gasteiger partial charge >= 0.3 is 0 Å². The molecule has 0 atom stereocenters. The zero-order valence-electron chi connectivity index (χ0n) is 13.2. The maximum atomic E-state index is 12.0. The number of carbonyl (C=O) groups excluding carboxylic acids is 1. The van der Waals surface area contributed by atoms with Crippen molar-refractivity contribution < 1.29 is 13.2 Å². The topological polar surface area (TPSA) is 63.2 Å². The van der Waals surface area contributed by atoms with Crippen LogP contribution in [0.3, 0.4) is 0 Å². The number of hydrogen-bond acceptors (Lipinski definition) is 3. The first-order valence-electron chi connectivity index (χ1n) is 7.55. The Kier molecular flexibility index (Phi) is 5.93. The molecule has 5 heteroatoms. The summed E-state index contributed by atoms with van der Waals surface area (Å²) in [4.78, 5) is 11.8. The fourth-order valence-corrected chi connectivity index (χ4v) is 3.64. The Bertz CT molecular complexity index is 738. The fraction of sp³-hybridized carbons (Fsp3) is 0.278. The van der Waals surface area contributed by atoms with Crippen molar-refractivity contribution in [1.29, 1.82) is 0 Å². The first kappa shape index (κ1) is 17.2. The molecule has 0 aromatic heterocycles. The van der Waals surface area contributed by atoms with Crippen LogP contribution in [0.5, 0.6) is 0 Å². The zero-order chi connectivity index (χ0) is 16.7. The van der Waals surface area contributed by atoms with Gasteiger partial charge < -0.3 is 5.32 Å². The van der Waals surface area contributed by atoms with Crippen LogP contribution >= 0.6 is 0 Å². The standard InChI is InChI=1S/C18H21NO3S/c1-15-9-11-17(12-10-15)19-18(20)8-5-13-23(21,22)14-16-6-3-2-4-7-16/h2-4,6-7,9-12H,5,8,13-14H2,1H3,(H,19,20). The Balaban J connectivity index is 1.77. The van der Waals surface area contributed by atoms with E-state index in [2.05, 4.69) is 5.32 Å². The summed E-state index contributed by atoms with van der Waals surface area (Å²) in [5.41, 5.74) is 2.62. The Labute approximate surface area is 137 Å². The molecule has 0 unspecified atom stereocenters. The second-order valence-electron chi connectivity index (χ2n) is 5.60. The molecule has 0 radical (unpaired) electrons. The fourth-order valence-electron chi connectivity index (χ4n) is 2.21. The smallest absolute Gasteiger partial charge is 0.224 e. The molecule has 0 aliphatic rings. The molecular weight excluding hydrogens is 310 g/mol. The molecule has 1 N–H and O–H groups in total. The van der Waals surface area contributed by atoms with Gasteiger partial charge in [-0.1, -0.05) is 48.0 Å². The summed E-state index contributed by atoms with van der Waals surface area (Å²) >= 11 is 0. The summed E-state index contributed by atoms with van der Waals surface area (Å²) in [5, 5.41) is 2.77. The third-order valence-electron chi connectivity index (χ3n) is 3.42. The van der Waals surface area contributed by atoms with Crippen molar-refractivity contribution in [3.63, 3.8) is 0 Å². The SMILES string of the molecule is Cc1ccc(NC(=O)CCCS(=O)(=O)Cc2ccccc2)cc1. The van der Waals surface area contributed by atoms with Crippen LogP contribution in [0.15, 0.2) is 54.6 Å². The van der Waals surface area contributed by atoms with Gasteiger partial charge in [0.25, 0.3) is 0 Å². The minimum Gasteiger partial charge on any atom is -0.326 e. The highest BCUT2D eigenvalue weighted by Gasteiger charge is 2.13. The first-order chi connectivity index (χ1) is 10.9. The van der Waals surface area contributed by atoms with E-state index in [1.807, 2.05) is 49.4 Å². The normalized spacial score (nSPS) is 11.2. The van der Waals surface area contributed by atoms with E-state index in [9.17, 15) is 13.2 Å². The van der Waals surface area contributed by atoms with Gasteiger partial charge in [0.2, 0.25) is 5.91 Å². The third kappa shape index (κ3) is 6.24. The highest BCUT2D eigenvalue weighted by Crippen LogP contribution is 2.11. The van der Waals surface area contributed by atoms with Crippen LogP contribution in [0.4, 0.5) is 5.69 Å². The maximum Gasteiger partial charge on any atom is 0.224 e. The molecule has 1 amide bonds. The lowest BCUT2D eigenvalue weighted by molar-refractivity contribution is -0.116. The molecule has 0 fully saturated rings. The number of rotatable bonds is 7. The first-order valence-corrected chi connectivity index (χ1v) is 9.38. The summed E-state index contributed by atoms with van der Waals surface area (Å²) < 4.78 is 24.1.